The molecule has 2 aromatic rings. The number of halogens is 1. The summed E-state index contributed by atoms with van der Waals surface area (Å²) >= 11 is 0. The predicted octanol–water partition coefficient (Wildman–Crippen LogP) is 2.63. The van der Waals surface area contributed by atoms with Gasteiger partial charge in [-0.25, -0.2) is 4.39 Å². The summed E-state index contributed by atoms with van der Waals surface area (Å²) in [6, 6.07) is 3.16. The Bertz CT molecular complexity index is 526. The monoisotopic (exact) mass is 278 g/mol. The van der Waals surface area contributed by atoms with Crippen molar-refractivity contribution in [3.8, 4) is 0 Å². The summed E-state index contributed by atoms with van der Waals surface area (Å²) in [6.07, 6.45) is 5.77. The molecule has 2 heterocycles. The molecular weight excluding hydrogens is 259 g/mol. The topological polar surface area (TPSA) is 52.0 Å². The first-order valence-corrected chi connectivity index (χ1v) is 6.62. The van der Waals surface area contributed by atoms with Crippen molar-refractivity contribution in [2.75, 3.05) is 19.0 Å². The Morgan fingerprint density at radius 2 is 2.25 bits per heavy atom. The predicted molar refractivity (Wildman–Crippen MR) is 75.0 cm³/mol. The molecule has 0 saturated carbocycles. The van der Waals surface area contributed by atoms with Crippen LogP contribution in [0.5, 0.6) is 0 Å². The Balaban J connectivity index is 2.02. The number of anilines is 1. The fraction of sp³-hybridized carbons (Fsp3) is 0.429. The molecule has 0 saturated heterocycles. The van der Waals surface area contributed by atoms with Crippen molar-refractivity contribution in [3.05, 3.63) is 42.2 Å². The minimum absolute atomic E-state index is 0.0377. The average molecular weight is 278 g/mol. The van der Waals surface area contributed by atoms with E-state index < -0.39 is 0 Å². The summed E-state index contributed by atoms with van der Waals surface area (Å²) in [6.45, 7) is 3.39. The SMILES string of the molecule is CCC(Nc1cnn(CCOC)c1)c1ccc(F)cn1. The highest BCUT2D eigenvalue weighted by atomic mass is 19.1. The van der Waals surface area contributed by atoms with Crippen molar-refractivity contribution in [2.24, 2.45) is 0 Å². The summed E-state index contributed by atoms with van der Waals surface area (Å²) in [7, 11) is 1.66. The van der Waals surface area contributed by atoms with E-state index in [0.29, 0.717) is 13.2 Å². The van der Waals surface area contributed by atoms with Crippen LogP contribution in [0.15, 0.2) is 30.7 Å². The number of nitrogens with one attached hydrogen (secondary N) is 1. The van der Waals surface area contributed by atoms with Crippen molar-refractivity contribution >= 4 is 5.69 Å². The second kappa shape index (κ2) is 7.00. The third kappa shape index (κ3) is 3.77. The van der Waals surface area contributed by atoms with E-state index in [1.807, 2.05) is 10.9 Å². The van der Waals surface area contributed by atoms with Crippen molar-refractivity contribution in [3.63, 3.8) is 0 Å². The summed E-state index contributed by atoms with van der Waals surface area (Å²) in [4.78, 5) is 4.12. The zero-order valence-corrected chi connectivity index (χ0v) is 11.7. The molecule has 0 radical (unpaired) electrons. The number of hydrogen-bond acceptors (Lipinski definition) is 4. The molecule has 0 spiro atoms. The van der Waals surface area contributed by atoms with Gasteiger partial charge < -0.3 is 10.1 Å². The molecular formula is C14H19FN4O. The number of hydrogen-bond donors (Lipinski definition) is 1. The molecule has 108 valence electrons. The van der Waals surface area contributed by atoms with E-state index in [4.69, 9.17) is 4.74 Å². The van der Waals surface area contributed by atoms with E-state index in [-0.39, 0.29) is 11.9 Å². The van der Waals surface area contributed by atoms with Crippen LogP contribution >= 0.6 is 0 Å². The van der Waals surface area contributed by atoms with Gasteiger partial charge in [-0.3, -0.25) is 9.67 Å². The van der Waals surface area contributed by atoms with Gasteiger partial charge in [-0.05, 0) is 18.6 Å². The van der Waals surface area contributed by atoms with Gasteiger partial charge >= 0.3 is 0 Å². The van der Waals surface area contributed by atoms with Gasteiger partial charge in [-0.15, -0.1) is 0 Å². The lowest BCUT2D eigenvalue weighted by Gasteiger charge is -2.16. The standard InChI is InChI=1S/C14H19FN4O/c1-3-13(14-5-4-11(15)8-16-14)18-12-9-17-19(10-12)6-7-20-2/h4-5,8-10,13,18H,3,6-7H2,1-2H3. The van der Waals surface area contributed by atoms with E-state index in [1.165, 1.54) is 12.3 Å². The normalized spacial score (nSPS) is 12.3. The zero-order valence-electron chi connectivity index (χ0n) is 11.7. The molecule has 0 aliphatic heterocycles. The van der Waals surface area contributed by atoms with Crippen LogP contribution in [0, 0.1) is 5.82 Å². The number of methoxy groups -OCH3 is 1. The Kier molecular flexibility index (Phi) is 5.06. The van der Waals surface area contributed by atoms with E-state index in [1.54, 1.807) is 19.4 Å². The molecule has 2 rings (SSSR count). The zero-order chi connectivity index (χ0) is 14.4. The van der Waals surface area contributed by atoms with Gasteiger partial charge in [0, 0.05) is 13.3 Å². The summed E-state index contributed by atoms with van der Waals surface area (Å²) < 4.78 is 19.7. The largest absolute Gasteiger partial charge is 0.383 e. The molecule has 0 bridgehead atoms. The minimum atomic E-state index is -0.323. The Morgan fingerprint density at radius 1 is 1.40 bits per heavy atom. The van der Waals surface area contributed by atoms with Gasteiger partial charge in [0.2, 0.25) is 0 Å². The number of ether oxygens (including phenoxy) is 1. The molecule has 6 heteroatoms. The molecule has 0 aliphatic carbocycles. The van der Waals surface area contributed by atoms with E-state index >= 15 is 0 Å². The number of aromatic nitrogens is 3. The summed E-state index contributed by atoms with van der Waals surface area (Å²) in [5, 5.41) is 7.59. The molecule has 0 aromatic carbocycles. The summed E-state index contributed by atoms with van der Waals surface area (Å²) in [5.41, 5.74) is 1.73. The lowest BCUT2D eigenvalue weighted by molar-refractivity contribution is 0.183. The first-order valence-electron chi connectivity index (χ1n) is 6.62. The van der Waals surface area contributed by atoms with E-state index in [0.717, 1.165) is 17.8 Å². The Labute approximate surface area is 117 Å². The van der Waals surface area contributed by atoms with Crippen molar-refractivity contribution < 1.29 is 9.13 Å². The quantitative estimate of drug-likeness (QED) is 0.846. The lowest BCUT2D eigenvalue weighted by atomic mass is 10.1. The van der Waals surface area contributed by atoms with Crippen LogP contribution in [0.3, 0.4) is 0 Å². The van der Waals surface area contributed by atoms with Gasteiger partial charge in [0.05, 0.1) is 43.0 Å². The molecule has 1 unspecified atom stereocenters. The fourth-order valence-electron chi connectivity index (χ4n) is 1.92. The van der Waals surface area contributed by atoms with E-state index in [2.05, 4.69) is 22.3 Å². The second-order valence-corrected chi connectivity index (χ2v) is 4.49. The van der Waals surface area contributed by atoms with Crippen LogP contribution < -0.4 is 5.32 Å². The van der Waals surface area contributed by atoms with Crippen LogP contribution in [-0.2, 0) is 11.3 Å². The van der Waals surface area contributed by atoms with Crippen LogP contribution in [0.4, 0.5) is 10.1 Å². The minimum Gasteiger partial charge on any atom is -0.383 e. The lowest BCUT2D eigenvalue weighted by Crippen LogP contribution is -2.11. The molecule has 0 amide bonds. The third-order valence-electron chi connectivity index (χ3n) is 3.01. The van der Waals surface area contributed by atoms with Crippen molar-refractivity contribution in [2.45, 2.75) is 25.9 Å². The average Bonchev–Trinajstić information content (AvgIpc) is 2.91. The highest BCUT2D eigenvalue weighted by Gasteiger charge is 2.11. The molecule has 0 aliphatic rings. The number of pyridine rings is 1. The first kappa shape index (κ1) is 14.5. The van der Waals surface area contributed by atoms with Crippen LogP contribution in [-0.4, -0.2) is 28.5 Å². The summed E-state index contributed by atoms with van der Waals surface area (Å²) in [5.74, 6) is -0.323. The van der Waals surface area contributed by atoms with Crippen LogP contribution in [0.1, 0.15) is 25.1 Å². The van der Waals surface area contributed by atoms with E-state index in [9.17, 15) is 4.39 Å². The highest BCUT2D eigenvalue weighted by Crippen LogP contribution is 2.20. The molecule has 2 aromatic heterocycles. The van der Waals surface area contributed by atoms with Crippen molar-refractivity contribution in [1.82, 2.24) is 14.8 Å². The third-order valence-corrected chi connectivity index (χ3v) is 3.01. The van der Waals surface area contributed by atoms with Gasteiger partial charge in [-0.1, -0.05) is 6.92 Å². The smallest absolute Gasteiger partial charge is 0.141 e. The van der Waals surface area contributed by atoms with Gasteiger partial charge in [0.15, 0.2) is 0 Å². The maximum Gasteiger partial charge on any atom is 0.141 e. The molecule has 0 fully saturated rings. The van der Waals surface area contributed by atoms with Crippen molar-refractivity contribution in [1.29, 1.82) is 0 Å². The number of nitrogens with zero attached hydrogens (tertiary/aromatic N) is 3. The second-order valence-electron chi connectivity index (χ2n) is 4.49. The van der Waals surface area contributed by atoms with Gasteiger partial charge in [-0.2, -0.15) is 5.10 Å². The molecule has 20 heavy (non-hydrogen) atoms. The van der Waals surface area contributed by atoms with Crippen LogP contribution in [0.25, 0.3) is 0 Å². The molecule has 5 nitrogen and oxygen atoms in total. The Hall–Kier alpha value is -1.95. The molecule has 1 N–H and O–H groups in total. The Morgan fingerprint density at radius 3 is 2.90 bits per heavy atom. The fourth-order valence-corrected chi connectivity index (χ4v) is 1.92. The van der Waals surface area contributed by atoms with Gasteiger partial charge in [0.25, 0.3) is 0 Å². The molecule has 1 atom stereocenters. The number of rotatable bonds is 7. The maximum absolute atomic E-state index is 12.9. The highest BCUT2D eigenvalue weighted by molar-refractivity contribution is 5.40. The maximum atomic E-state index is 12.9. The van der Waals surface area contributed by atoms with Crippen LogP contribution in [0.2, 0.25) is 0 Å². The van der Waals surface area contributed by atoms with Gasteiger partial charge in [0.1, 0.15) is 5.82 Å². The first-order chi connectivity index (χ1) is 9.72.